The Kier molecular flexibility index (Phi) is 6.66. The molecule has 2 heterocycles. The van der Waals surface area contributed by atoms with Crippen molar-refractivity contribution in [1.29, 1.82) is 0 Å². The number of carbonyl (C=O) groups is 1. The molecule has 1 aromatic carbocycles. The highest BCUT2D eigenvalue weighted by molar-refractivity contribution is 5.70. The second kappa shape index (κ2) is 8.85. The van der Waals surface area contributed by atoms with Crippen LogP contribution in [0.25, 0.3) is 11.1 Å². The molecule has 6 nitrogen and oxygen atoms in total. The van der Waals surface area contributed by atoms with E-state index in [9.17, 15) is 27.9 Å². The maximum atomic E-state index is 12.7. The molecule has 180 valence electrons. The van der Waals surface area contributed by atoms with Crippen molar-refractivity contribution in [1.82, 2.24) is 9.47 Å². The average molecular weight is 467 g/mol. The SMILES string of the molecule is C[C@@H](c1ccc(-c2ccn(CC(F)(F)F)c(=O)c2)cc1)N1CC[C@@](C)(CC(C)(C)O)OC1=O. The number of halogens is 3. The third-order valence-corrected chi connectivity index (χ3v) is 5.80. The minimum atomic E-state index is -4.47. The molecule has 1 saturated heterocycles. The van der Waals surface area contributed by atoms with Crippen LogP contribution >= 0.6 is 0 Å². The summed E-state index contributed by atoms with van der Waals surface area (Å²) in [5, 5.41) is 10.1. The van der Waals surface area contributed by atoms with E-state index in [0.29, 0.717) is 35.1 Å². The minimum absolute atomic E-state index is 0.266. The Labute approximate surface area is 190 Å². The number of rotatable bonds is 6. The Morgan fingerprint density at radius 2 is 1.76 bits per heavy atom. The first-order valence-corrected chi connectivity index (χ1v) is 10.8. The number of aliphatic hydroxyl groups is 1. The lowest BCUT2D eigenvalue weighted by molar-refractivity contribution is -0.141. The lowest BCUT2D eigenvalue weighted by atomic mass is 9.87. The van der Waals surface area contributed by atoms with Gasteiger partial charge in [0.15, 0.2) is 0 Å². The van der Waals surface area contributed by atoms with Gasteiger partial charge in [-0.05, 0) is 50.5 Å². The van der Waals surface area contributed by atoms with Crippen LogP contribution in [0, 0.1) is 0 Å². The molecule has 3 rings (SSSR count). The van der Waals surface area contributed by atoms with Gasteiger partial charge < -0.3 is 19.3 Å². The largest absolute Gasteiger partial charge is 0.443 e. The van der Waals surface area contributed by atoms with Crippen LogP contribution in [0.5, 0.6) is 0 Å². The molecule has 1 aliphatic rings. The summed E-state index contributed by atoms with van der Waals surface area (Å²) in [5.41, 5.74) is -0.369. The summed E-state index contributed by atoms with van der Waals surface area (Å²) < 4.78 is 43.9. The molecule has 0 saturated carbocycles. The number of alkyl halides is 3. The van der Waals surface area contributed by atoms with Crippen molar-refractivity contribution in [2.75, 3.05) is 6.54 Å². The van der Waals surface area contributed by atoms with Crippen molar-refractivity contribution in [2.24, 2.45) is 0 Å². The molecule has 2 aromatic rings. The second-order valence-electron chi connectivity index (χ2n) is 9.55. The van der Waals surface area contributed by atoms with E-state index in [1.54, 1.807) is 30.9 Å². The van der Waals surface area contributed by atoms with E-state index in [-0.39, 0.29) is 6.04 Å². The van der Waals surface area contributed by atoms with Crippen LogP contribution in [0.3, 0.4) is 0 Å². The van der Waals surface area contributed by atoms with Crippen molar-refractivity contribution >= 4 is 6.09 Å². The number of carbonyl (C=O) groups excluding carboxylic acids is 1. The van der Waals surface area contributed by atoms with E-state index in [2.05, 4.69) is 0 Å². The fraction of sp³-hybridized carbons (Fsp3) is 0.500. The molecule has 9 heteroatoms. The maximum Gasteiger partial charge on any atom is 0.410 e. The van der Waals surface area contributed by atoms with Crippen molar-refractivity contribution in [3.05, 3.63) is 58.5 Å². The Balaban J connectivity index is 1.71. The third kappa shape index (κ3) is 6.37. The van der Waals surface area contributed by atoms with E-state index in [1.807, 2.05) is 26.0 Å². The van der Waals surface area contributed by atoms with E-state index in [1.165, 1.54) is 12.1 Å². The molecule has 1 aromatic heterocycles. The first-order valence-electron chi connectivity index (χ1n) is 10.8. The zero-order chi connectivity index (χ0) is 24.6. The number of ether oxygens (including phenoxy) is 1. The normalized spacial score (nSPS) is 20.5. The lowest BCUT2D eigenvalue weighted by Gasteiger charge is -2.43. The standard InChI is InChI=1S/C24H29F3N2O4/c1-16(29-12-10-23(4,33-21(29)31)14-22(2,3)32)17-5-7-18(8-6-17)19-9-11-28(20(30)13-19)15-24(25,26)27/h5-9,11,13,16,32H,10,12,14-15H2,1-4H3/t16-,23-/m0/s1. The van der Waals surface area contributed by atoms with Gasteiger partial charge in [0.2, 0.25) is 0 Å². The number of pyridine rings is 1. The monoisotopic (exact) mass is 466 g/mol. The number of hydrogen-bond donors (Lipinski definition) is 1. The Morgan fingerprint density at radius 1 is 1.12 bits per heavy atom. The first kappa shape index (κ1) is 24.8. The van der Waals surface area contributed by atoms with Crippen LogP contribution in [-0.2, 0) is 11.3 Å². The molecule has 1 amide bonds. The highest BCUT2D eigenvalue weighted by Gasteiger charge is 2.41. The van der Waals surface area contributed by atoms with Gasteiger partial charge >= 0.3 is 12.3 Å². The molecule has 1 N–H and O–H groups in total. The number of amides is 1. The van der Waals surface area contributed by atoms with Crippen molar-refractivity contribution < 1.29 is 27.8 Å². The van der Waals surface area contributed by atoms with Crippen LogP contribution in [-0.4, -0.2) is 44.6 Å². The molecule has 1 fully saturated rings. The topological polar surface area (TPSA) is 71.8 Å². The summed E-state index contributed by atoms with van der Waals surface area (Å²) in [5.74, 6) is 0. The highest BCUT2D eigenvalue weighted by Crippen LogP contribution is 2.35. The summed E-state index contributed by atoms with van der Waals surface area (Å²) in [4.78, 5) is 26.3. The molecule has 0 bridgehead atoms. The van der Waals surface area contributed by atoms with Gasteiger partial charge in [-0.25, -0.2) is 4.79 Å². The summed E-state index contributed by atoms with van der Waals surface area (Å²) in [6, 6.07) is 9.55. The number of cyclic esters (lactones) is 1. The Bertz CT molecular complexity index is 1060. The first-order chi connectivity index (χ1) is 15.2. The van der Waals surface area contributed by atoms with Crippen LogP contribution in [0.15, 0.2) is 47.4 Å². The molecule has 0 spiro atoms. The maximum absolute atomic E-state index is 12.7. The number of aromatic nitrogens is 1. The molecule has 0 radical (unpaired) electrons. The zero-order valence-corrected chi connectivity index (χ0v) is 19.1. The fourth-order valence-electron chi connectivity index (χ4n) is 4.31. The summed E-state index contributed by atoms with van der Waals surface area (Å²) in [7, 11) is 0. The van der Waals surface area contributed by atoms with E-state index in [0.717, 1.165) is 11.8 Å². The summed E-state index contributed by atoms with van der Waals surface area (Å²) in [6.45, 7) is 6.21. The molecule has 0 aliphatic carbocycles. The number of benzene rings is 1. The van der Waals surface area contributed by atoms with Gasteiger partial charge in [0.25, 0.3) is 5.56 Å². The molecular weight excluding hydrogens is 437 g/mol. The Morgan fingerprint density at radius 3 is 2.27 bits per heavy atom. The van der Waals surface area contributed by atoms with E-state index in [4.69, 9.17) is 4.74 Å². The van der Waals surface area contributed by atoms with Gasteiger partial charge in [-0.3, -0.25) is 4.79 Å². The predicted molar refractivity (Wildman–Crippen MR) is 118 cm³/mol. The summed E-state index contributed by atoms with van der Waals surface area (Å²) >= 11 is 0. The fourth-order valence-corrected chi connectivity index (χ4v) is 4.31. The van der Waals surface area contributed by atoms with Gasteiger partial charge in [0, 0.05) is 31.6 Å². The van der Waals surface area contributed by atoms with Gasteiger partial charge in [0.1, 0.15) is 12.1 Å². The molecular formula is C24H29F3N2O4. The van der Waals surface area contributed by atoms with Crippen LogP contribution in [0.2, 0.25) is 0 Å². The highest BCUT2D eigenvalue weighted by atomic mass is 19.4. The van der Waals surface area contributed by atoms with E-state index >= 15 is 0 Å². The number of nitrogens with zero attached hydrogens (tertiary/aromatic N) is 2. The zero-order valence-electron chi connectivity index (χ0n) is 19.1. The number of hydrogen-bond acceptors (Lipinski definition) is 4. The predicted octanol–water partition coefficient (Wildman–Crippen LogP) is 4.90. The van der Waals surface area contributed by atoms with Crippen molar-refractivity contribution in [3.8, 4) is 11.1 Å². The molecule has 2 atom stereocenters. The second-order valence-corrected chi connectivity index (χ2v) is 9.55. The van der Waals surface area contributed by atoms with Crippen LogP contribution < -0.4 is 5.56 Å². The summed E-state index contributed by atoms with van der Waals surface area (Å²) in [6.07, 6.45) is -2.86. The third-order valence-electron chi connectivity index (χ3n) is 5.80. The van der Waals surface area contributed by atoms with Crippen molar-refractivity contribution in [2.45, 2.75) is 70.5 Å². The van der Waals surface area contributed by atoms with E-state index < -0.39 is 35.6 Å². The van der Waals surface area contributed by atoms with Gasteiger partial charge in [-0.15, -0.1) is 0 Å². The quantitative estimate of drug-likeness (QED) is 0.657. The van der Waals surface area contributed by atoms with Crippen molar-refractivity contribution in [3.63, 3.8) is 0 Å². The minimum Gasteiger partial charge on any atom is -0.443 e. The smallest absolute Gasteiger partial charge is 0.410 e. The molecule has 0 unspecified atom stereocenters. The van der Waals surface area contributed by atoms with Crippen LogP contribution in [0.4, 0.5) is 18.0 Å². The Hall–Kier alpha value is -2.81. The van der Waals surface area contributed by atoms with Gasteiger partial charge in [-0.1, -0.05) is 24.3 Å². The average Bonchev–Trinajstić information content (AvgIpc) is 2.66. The van der Waals surface area contributed by atoms with Crippen LogP contribution in [0.1, 0.15) is 52.1 Å². The van der Waals surface area contributed by atoms with Gasteiger partial charge in [-0.2, -0.15) is 13.2 Å². The molecule has 33 heavy (non-hydrogen) atoms. The van der Waals surface area contributed by atoms with Gasteiger partial charge in [0.05, 0.1) is 11.6 Å². The lowest BCUT2D eigenvalue weighted by Crippen LogP contribution is -2.51. The molecule has 1 aliphatic heterocycles.